The SMILES string of the molecule is CCCOCCn1nnc(C(=O)O)c1-c1cnn(C)c1. The van der Waals surface area contributed by atoms with E-state index in [4.69, 9.17) is 4.74 Å². The van der Waals surface area contributed by atoms with E-state index in [1.165, 1.54) is 4.68 Å². The largest absolute Gasteiger partial charge is 0.476 e. The van der Waals surface area contributed by atoms with Crippen molar-refractivity contribution in [2.45, 2.75) is 19.9 Å². The third kappa shape index (κ3) is 3.02. The van der Waals surface area contributed by atoms with Crippen molar-refractivity contribution in [1.82, 2.24) is 24.8 Å². The van der Waals surface area contributed by atoms with Crippen LogP contribution in [0.5, 0.6) is 0 Å². The van der Waals surface area contributed by atoms with Crippen molar-refractivity contribution in [3.8, 4) is 11.3 Å². The van der Waals surface area contributed by atoms with Crippen LogP contribution in [0.1, 0.15) is 23.8 Å². The molecule has 108 valence electrons. The number of ether oxygens (including phenoxy) is 1. The van der Waals surface area contributed by atoms with Crippen molar-refractivity contribution < 1.29 is 14.6 Å². The number of hydrogen-bond donors (Lipinski definition) is 1. The number of carboxylic acid groups (broad SMARTS) is 1. The number of aromatic nitrogens is 5. The summed E-state index contributed by atoms with van der Waals surface area (Å²) in [6.45, 7) is 3.61. The van der Waals surface area contributed by atoms with Crippen LogP contribution in [0.25, 0.3) is 11.3 Å². The van der Waals surface area contributed by atoms with Crippen molar-refractivity contribution in [2.24, 2.45) is 7.05 Å². The van der Waals surface area contributed by atoms with E-state index in [9.17, 15) is 9.90 Å². The van der Waals surface area contributed by atoms with Gasteiger partial charge in [-0.2, -0.15) is 5.10 Å². The minimum absolute atomic E-state index is 0.0755. The van der Waals surface area contributed by atoms with E-state index in [2.05, 4.69) is 15.4 Å². The zero-order valence-corrected chi connectivity index (χ0v) is 11.5. The number of hydrogen-bond acceptors (Lipinski definition) is 5. The van der Waals surface area contributed by atoms with Crippen LogP contribution in [0.4, 0.5) is 0 Å². The number of aryl methyl sites for hydroxylation is 1. The number of aromatic carboxylic acids is 1. The van der Waals surface area contributed by atoms with Crippen molar-refractivity contribution >= 4 is 5.97 Å². The van der Waals surface area contributed by atoms with Gasteiger partial charge in [-0.05, 0) is 6.42 Å². The van der Waals surface area contributed by atoms with Gasteiger partial charge in [0.2, 0.25) is 0 Å². The molecule has 0 bridgehead atoms. The second kappa shape index (κ2) is 6.29. The summed E-state index contributed by atoms with van der Waals surface area (Å²) in [5, 5.41) is 20.8. The van der Waals surface area contributed by atoms with Gasteiger partial charge in [0, 0.05) is 25.4 Å². The Balaban J connectivity index is 2.26. The summed E-state index contributed by atoms with van der Waals surface area (Å²) in [6.07, 6.45) is 4.26. The molecule has 0 aliphatic heterocycles. The monoisotopic (exact) mass is 279 g/mol. The van der Waals surface area contributed by atoms with Crippen molar-refractivity contribution in [1.29, 1.82) is 0 Å². The molecule has 0 radical (unpaired) electrons. The van der Waals surface area contributed by atoms with E-state index in [1.54, 1.807) is 24.1 Å². The zero-order chi connectivity index (χ0) is 14.5. The average molecular weight is 279 g/mol. The summed E-state index contributed by atoms with van der Waals surface area (Å²) >= 11 is 0. The normalized spacial score (nSPS) is 10.9. The lowest BCUT2D eigenvalue weighted by Crippen LogP contribution is -2.10. The predicted octanol–water partition coefficient (Wildman–Crippen LogP) is 0.803. The van der Waals surface area contributed by atoms with Gasteiger partial charge in [0.05, 0.1) is 19.3 Å². The van der Waals surface area contributed by atoms with E-state index >= 15 is 0 Å². The highest BCUT2D eigenvalue weighted by molar-refractivity contribution is 5.92. The molecule has 2 aromatic rings. The number of carboxylic acids is 1. The summed E-state index contributed by atoms with van der Waals surface area (Å²) in [5.74, 6) is -1.11. The second-order valence-electron chi connectivity index (χ2n) is 4.33. The maximum atomic E-state index is 11.2. The Morgan fingerprint density at radius 2 is 2.25 bits per heavy atom. The van der Waals surface area contributed by atoms with Gasteiger partial charge < -0.3 is 9.84 Å². The maximum Gasteiger partial charge on any atom is 0.358 e. The molecule has 0 aliphatic carbocycles. The molecule has 0 amide bonds. The Kier molecular flexibility index (Phi) is 4.46. The van der Waals surface area contributed by atoms with Crippen molar-refractivity contribution in [3.05, 3.63) is 18.1 Å². The highest BCUT2D eigenvalue weighted by Crippen LogP contribution is 2.21. The highest BCUT2D eigenvalue weighted by atomic mass is 16.5. The molecule has 0 saturated heterocycles. The third-order valence-electron chi connectivity index (χ3n) is 2.71. The summed E-state index contributed by atoms with van der Waals surface area (Å²) in [6, 6.07) is 0. The van der Waals surface area contributed by atoms with Crippen LogP contribution in [-0.4, -0.2) is 49.1 Å². The predicted molar refractivity (Wildman–Crippen MR) is 70.3 cm³/mol. The van der Waals surface area contributed by atoms with Crippen LogP contribution >= 0.6 is 0 Å². The fourth-order valence-electron chi connectivity index (χ4n) is 1.84. The smallest absolute Gasteiger partial charge is 0.358 e. The molecular weight excluding hydrogens is 262 g/mol. The standard InChI is InChI=1S/C12H17N5O3/c1-3-5-20-6-4-17-11(9-7-13-16(2)8-9)10(12(18)19)14-15-17/h7-8H,3-6H2,1-2H3,(H,18,19). The molecule has 2 heterocycles. The topological polar surface area (TPSA) is 95.1 Å². The third-order valence-corrected chi connectivity index (χ3v) is 2.71. The fraction of sp³-hybridized carbons (Fsp3) is 0.500. The summed E-state index contributed by atoms with van der Waals surface area (Å²) in [4.78, 5) is 11.2. The molecule has 8 heteroatoms. The van der Waals surface area contributed by atoms with Crippen molar-refractivity contribution in [2.75, 3.05) is 13.2 Å². The first-order chi connectivity index (χ1) is 9.63. The zero-order valence-electron chi connectivity index (χ0n) is 11.5. The molecule has 0 unspecified atom stereocenters. The maximum absolute atomic E-state index is 11.2. The van der Waals surface area contributed by atoms with Crippen LogP contribution in [0, 0.1) is 0 Å². The summed E-state index contributed by atoms with van der Waals surface area (Å²) in [7, 11) is 1.77. The molecule has 0 spiro atoms. The van der Waals surface area contributed by atoms with Crippen LogP contribution < -0.4 is 0 Å². The van der Waals surface area contributed by atoms with Gasteiger partial charge in [-0.15, -0.1) is 5.10 Å². The van der Waals surface area contributed by atoms with Gasteiger partial charge in [-0.25, -0.2) is 9.48 Å². The number of carbonyl (C=O) groups is 1. The molecule has 0 saturated carbocycles. The summed E-state index contributed by atoms with van der Waals surface area (Å²) in [5.41, 5.74) is 1.05. The lowest BCUT2D eigenvalue weighted by Gasteiger charge is -2.06. The highest BCUT2D eigenvalue weighted by Gasteiger charge is 2.21. The molecule has 0 fully saturated rings. The molecule has 8 nitrogen and oxygen atoms in total. The molecule has 0 aromatic carbocycles. The molecular formula is C12H17N5O3. The Morgan fingerprint density at radius 1 is 1.45 bits per heavy atom. The Bertz CT molecular complexity index is 590. The van der Waals surface area contributed by atoms with Gasteiger partial charge in [0.1, 0.15) is 5.69 Å². The second-order valence-corrected chi connectivity index (χ2v) is 4.33. The van der Waals surface area contributed by atoms with Gasteiger partial charge in [0.25, 0.3) is 0 Å². The molecule has 0 atom stereocenters. The molecule has 2 rings (SSSR count). The van der Waals surface area contributed by atoms with Crippen LogP contribution in [0.15, 0.2) is 12.4 Å². The summed E-state index contributed by atoms with van der Waals surface area (Å²) < 4.78 is 8.54. The number of rotatable bonds is 7. The minimum atomic E-state index is -1.11. The van der Waals surface area contributed by atoms with E-state index in [0.717, 1.165) is 6.42 Å². The fourth-order valence-corrected chi connectivity index (χ4v) is 1.84. The Hall–Kier alpha value is -2.22. The van der Waals surface area contributed by atoms with Gasteiger partial charge >= 0.3 is 5.97 Å². The Morgan fingerprint density at radius 3 is 2.85 bits per heavy atom. The molecule has 20 heavy (non-hydrogen) atoms. The first kappa shape index (κ1) is 14.2. The molecule has 0 aliphatic rings. The average Bonchev–Trinajstić information content (AvgIpc) is 3.00. The van der Waals surface area contributed by atoms with Gasteiger partial charge in [-0.1, -0.05) is 12.1 Å². The van der Waals surface area contributed by atoms with Crippen LogP contribution in [0.2, 0.25) is 0 Å². The van der Waals surface area contributed by atoms with Crippen molar-refractivity contribution in [3.63, 3.8) is 0 Å². The number of nitrogens with zero attached hydrogens (tertiary/aromatic N) is 5. The van der Waals surface area contributed by atoms with E-state index < -0.39 is 5.97 Å². The lowest BCUT2D eigenvalue weighted by molar-refractivity contribution is 0.0691. The van der Waals surface area contributed by atoms with Gasteiger partial charge in [-0.3, -0.25) is 4.68 Å². The first-order valence-corrected chi connectivity index (χ1v) is 6.37. The quantitative estimate of drug-likeness (QED) is 0.753. The van der Waals surface area contributed by atoms with E-state index in [-0.39, 0.29) is 5.69 Å². The lowest BCUT2D eigenvalue weighted by atomic mass is 10.2. The molecule has 2 aromatic heterocycles. The van der Waals surface area contributed by atoms with E-state index in [0.29, 0.717) is 31.0 Å². The Labute approximate surface area is 116 Å². The van der Waals surface area contributed by atoms with E-state index in [1.807, 2.05) is 6.92 Å². The molecule has 1 N–H and O–H groups in total. The minimum Gasteiger partial charge on any atom is -0.476 e. The van der Waals surface area contributed by atoms with Gasteiger partial charge in [0.15, 0.2) is 5.69 Å². The van der Waals surface area contributed by atoms with Crippen LogP contribution in [-0.2, 0) is 18.3 Å². The first-order valence-electron chi connectivity index (χ1n) is 6.37. The van der Waals surface area contributed by atoms with Crippen LogP contribution in [0.3, 0.4) is 0 Å².